The molecular weight excluding hydrogens is 270 g/mol. The topological polar surface area (TPSA) is 77.2 Å². The highest BCUT2D eigenvalue weighted by Gasteiger charge is 2.12. The molecule has 2 aromatic heterocycles. The van der Waals surface area contributed by atoms with Gasteiger partial charge in [-0.1, -0.05) is 6.07 Å². The van der Waals surface area contributed by atoms with E-state index in [0.29, 0.717) is 17.1 Å². The number of aryl methyl sites for hydroxylation is 2. The molecule has 21 heavy (non-hydrogen) atoms. The van der Waals surface area contributed by atoms with Crippen LogP contribution in [0.1, 0.15) is 15.9 Å². The standard InChI is InChI=1S/C15H13N3O3/c1-9-3-4-10(15(19)20)7-12(9)21-14-13-11(5-6-16-14)18(2)8-17-13/h3-8H,1-2H3,(H,19,20). The van der Waals surface area contributed by atoms with E-state index in [4.69, 9.17) is 9.84 Å². The van der Waals surface area contributed by atoms with Gasteiger partial charge < -0.3 is 14.4 Å². The normalized spacial score (nSPS) is 10.8. The molecule has 0 fully saturated rings. The highest BCUT2D eigenvalue weighted by atomic mass is 16.5. The van der Waals surface area contributed by atoms with E-state index in [9.17, 15) is 4.79 Å². The lowest BCUT2D eigenvalue weighted by Crippen LogP contribution is -1.98. The molecule has 1 aromatic carbocycles. The molecule has 6 heteroatoms. The molecule has 3 aromatic rings. The third-order valence-electron chi connectivity index (χ3n) is 3.25. The predicted molar refractivity (Wildman–Crippen MR) is 76.7 cm³/mol. The summed E-state index contributed by atoms with van der Waals surface area (Å²) in [7, 11) is 1.88. The molecule has 6 nitrogen and oxygen atoms in total. The Balaban J connectivity index is 2.06. The predicted octanol–water partition coefficient (Wildman–Crippen LogP) is 2.77. The second kappa shape index (κ2) is 4.90. The number of ether oxygens (including phenoxy) is 1. The molecule has 0 saturated carbocycles. The fourth-order valence-corrected chi connectivity index (χ4v) is 2.06. The number of aromatic carboxylic acids is 1. The highest BCUT2D eigenvalue weighted by molar-refractivity contribution is 5.88. The summed E-state index contributed by atoms with van der Waals surface area (Å²) in [6.07, 6.45) is 3.31. The number of aromatic nitrogens is 3. The molecule has 0 saturated heterocycles. The maximum atomic E-state index is 11.0. The Hall–Kier alpha value is -2.89. The van der Waals surface area contributed by atoms with E-state index in [1.807, 2.05) is 24.6 Å². The SMILES string of the molecule is Cc1ccc(C(=O)O)cc1Oc1nccc2c1ncn2C. The van der Waals surface area contributed by atoms with Crippen LogP contribution < -0.4 is 4.74 Å². The number of rotatable bonds is 3. The summed E-state index contributed by atoms with van der Waals surface area (Å²) in [6.45, 7) is 1.85. The van der Waals surface area contributed by atoms with Crippen LogP contribution in [0.2, 0.25) is 0 Å². The van der Waals surface area contributed by atoms with E-state index >= 15 is 0 Å². The molecule has 0 aliphatic heterocycles. The lowest BCUT2D eigenvalue weighted by Gasteiger charge is -2.09. The Kier molecular flexibility index (Phi) is 3.06. The summed E-state index contributed by atoms with van der Waals surface area (Å²) in [5.41, 5.74) is 2.53. The van der Waals surface area contributed by atoms with Crippen LogP contribution in [0.4, 0.5) is 0 Å². The van der Waals surface area contributed by atoms with Crippen molar-refractivity contribution in [3.05, 3.63) is 47.9 Å². The first-order valence-electron chi connectivity index (χ1n) is 6.34. The highest BCUT2D eigenvalue weighted by Crippen LogP contribution is 2.29. The third-order valence-corrected chi connectivity index (χ3v) is 3.25. The number of carbonyl (C=O) groups is 1. The number of fused-ring (bicyclic) bond motifs is 1. The molecule has 0 spiro atoms. The smallest absolute Gasteiger partial charge is 0.335 e. The van der Waals surface area contributed by atoms with E-state index in [1.54, 1.807) is 24.7 Å². The molecule has 3 rings (SSSR count). The first-order chi connectivity index (χ1) is 10.1. The number of imidazole rings is 1. The van der Waals surface area contributed by atoms with Crippen molar-refractivity contribution in [1.82, 2.24) is 14.5 Å². The van der Waals surface area contributed by atoms with Crippen LogP contribution in [0.5, 0.6) is 11.6 Å². The van der Waals surface area contributed by atoms with Gasteiger partial charge in [0, 0.05) is 13.2 Å². The molecule has 0 amide bonds. The zero-order valence-corrected chi connectivity index (χ0v) is 11.6. The zero-order chi connectivity index (χ0) is 15.0. The Labute approximate surface area is 120 Å². The van der Waals surface area contributed by atoms with Gasteiger partial charge in [0.15, 0.2) is 5.52 Å². The molecule has 1 N–H and O–H groups in total. The van der Waals surface area contributed by atoms with Gasteiger partial charge in [0.05, 0.1) is 17.4 Å². The number of nitrogens with zero attached hydrogens (tertiary/aromatic N) is 3. The molecule has 0 aliphatic rings. The molecule has 0 unspecified atom stereocenters. The largest absolute Gasteiger partial charge is 0.478 e. The van der Waals surface area contributed by atoms with Crippen LogP contribution in [0, 0.1) is 6.92 Å². The minimum Gasteiger partial charge on any atom is -0.478 e. The fourth-order valence-electron chi connectivity index (χ4n) is 2.06. The van der Waals surface area contributed by atoms with Gasteiger partial charge in [0.25, 0.3) is 0 Å². The monoisotopic (exact) mass is 283 g/mol. The van der Waals surface area contributed by atoms with Gasteiger partial charge in [-0.15, -0.1) is 0 Å². The quantitative estimate of drug-likeness (QED) is 0.799. The van der Waals surface area contributed by atoms with Crippen LogP contribution in [-0.2, 0) is 7.05 Å². The summed E-state index contributed by atoms with van der Waals surface area (Å²) in [6, 6.07) is 6.58. The van der Waals surface area contributed by atoms with Crippen molar-refractivity contribution in [3.8, 4) is 11.6 Å². The van der Waals surface area contributed by atoms with Crippen molar-refractivity contribution in [2.75, 3.05) is 0 Å². The Bertz CT molecular complexity index is 839. The average molecular weight is 283 g/mol. The maximum absolute atomic E-state index is 11.0. The van der Waals surface area contributed by atoms with Gasteiger partial charge in [-0.2, -0.15) is 0 Å². The van der Waals surface area contributed by atoms with Crippen molar-refractivity contribution in [2.24, 2.45) is 7.05 Å². The Morgan fingerprint density at radius 3 is 2.86 bits per heavy atom. The van der Waals surface area contributed by atoms with Gasteiger partial charge in [-0.25, -0.2) is 14.8 Å². The molecule has 0 bridgehead atoms. The van der Waals surface area contributed by atoms with Crippen LogP contribution in [0.3, 0.4) is 0 Å². The van der Waals surface area contributed by atoms with E-state index in [1.165, 1.54) is 6.07 Å². The molecule has 106 valence electrons. The van der Waals surface area contributed by atoms with Crippen molar-refractivity contribution in [3.63, 3.8) is 0 Å². The minimum atomic E-state index is -0.996. The second-order valence-electron chi connectivity index (χ2n) is 4.73. The summed E-state index contributed by atoms with van der Waals surface area (Å²) in [5.74, 6) is -0.178. The van der Waals surface area contributed by atoms with Gasteiger partial charge in [0.1, 0.15) is 5.75 Å². The fraction of sp³-hybridized carbons (Fsp3) is 0.133. The molecule has 0 aliphatic carbocycles. The van der Waals surface area contributed by atoms with Gasteiger partial charge in [-0.3, -0.25) is 0 Å². The van der Waals surface area contributed by atoms with Gasteiger partial charge in [0.2, 0.25) is 5.88 Å². The number of carboxylic acids is 1. The third kappa shape index (κ3) is 2.31. The molecule has 2 heterocycles. The summed E-state index contributed by atoms with van der Waals surface area (Å²) in [5, 5.41) is 9.05. The van der Waals surface area contributed by atoms with Crippen LogP contribution in [-0.4, -0.2) is 25.6 Å². The molecule has 0 atom stereocenters. The van der Waals surface area contributed by atoms with Crippen LogP contribution >= 0.6 is 0 Å². The van der Waals surface area contributed by atoms with E-state index in [2.05, 4.69) is 9.97 Å². The maximum Gasteiger partial charge on any atom is 0.335 e. The van der Waals surface area contributed by atoms with E-state index < -0.39 is 5.97 Å². The number of pyridine rings is 1. The number of carboxylic acid groups (broad SMARTS) is 1. The minimum absolute atomic E-state index is 0.170. The average Bonchev–Trinajstić information content (AvgIpc) is 2.84. The zero-order valence-electron chi connectivity index (χ0n) is 11.6. The number of hydrogen-bond acceptors (Lipinski definition) is 4. The van der Waals surface area contributed by atoms with Crippen LogP contribution in [0.25, 0.3) is 11.0 Å². The van der Waals surface area contributed by atoms with Crippen LogP contribution in [0.15, 0.2) is 36.8 Å². The molecule has 0 radical (unpaired) electrons. The van der Waals surface area contributed by atoms with Crippen molar-refractivity contribution in [1.29, 1.82) is 0 Å². The van der Waals surface area contributed by atoms with Crippen molar-refractivity contribution >= 4 is 17.0 Å². The summed E-state index contributed by atoms with van der Waals surface area (Å²) in [4.78, 5) is 19.5. The first-order valence-corrected chi connectivity index (χ1v) is 6.34. The Morgan fingerprint density at radius 2 is 2.10 bits per heavy atom. The van der Waals surface area contributed by atoms with Gasteiger partial charge in [-0.05, 0) is 30.7 Å². The summed E-state index contributed by atoms with van der Waals surface area (Å²) >= 11 is 0. The molecular formula is C15H13N3O3. The van der Waals surface area contributed by atoms with Crippen molar-refractivity contribution < 1.29 is 14.6 Å². The number of benzene rings is 1. The van der Waals surface area contributed by atoms with Gasteiger partial charge >= 0.3 is 5.97 Å². The van der Waals surface area contributed by atoms with E-state index in [0.717, 1.165) is 11.1 Å². The number of hydrogen-bond donors (Lipinski definition) is 1. The second-order valence-corrected chi connectivity index (χ2v) is 4.73. The Morgan fingerprint density at radius 1 is 1.29 bits per heavy atom. The lowest BCUT2D eigenvalue weighted by molar-refractivity contribution is 0.0696. The lowest BCUT2D eigenvalue weighted by atomic mass is 10.1. The first kappa shape index (κ1) is 13.1. The van der Waals surface area contributed by atoms with Crippen molar-refractivity contribution in [2.45, 2.75) is 6.92 Å². The summed E-state index contributed by atoms with van der Waals surface area (Å²) < 4.78 is 7.64. The van der Waals surface area contributed by atoms with E-state index in [-0.39, 0.29) is 5.56 Å².